The molecular weight excluding hydrogens is 272 g/mol. The molecule has 0 bridgehead atoms. The van der Waals surface area contributed by atoms with E-state index in [4.69, 9.17) is 9.47 Å². The second kappa shape index (κ2) is 6.69. The van der Waals surface area contributed by atoms with Crippen molar-refractivity contribution < 1.29 is 19.1 Å². The van der Waals surface area contributed by atoms with E-state index >= 15 is 0 Å². The Labute approximate surface area is 124 Å². The molecule has 1 aromatic carbocycles. The standard InChI is InChI=1S/C15H20N2O4/c1-10(16-2)11-4-5-13(20-3)12(6-11)7-17-14(18)8-21-9-15(17)19/h4-6,10,16H,7-9H2,1-3H3. The molecule has 1 aliphatic rings. The lowest BCUT2D eigenvalue weighted by Crippen LogP contribution is -2.45. The van der Waals surface area contributed by atoms with Gasteiger partial charge in [0, 0.05) is 11.6 Å². The number of carbonyl (C=O) groups is 2. The van der Waals surface area contributed by atoms with E-state index in [1.54, 1.807) is 7.11 Å². The number of methoxy groups -OCH3 is 1. The summed E-state index contributed by atoms with van der Waals surface area (Å²) in [4.78, 5) is 24.8. The average Bonchev–Trinajstić information content (AvgIpc) is 2.50. The zero-order valence-corrected chi connectivity index (χ0v) is 12.5. The molecule has 6 nitrogen and oxygen atoms in total. The van der Waals surface area contributed by atoms with Gasteiger partial charge >= 0.3 is 0 Å². The number of imide groups is 1. The van der Waals surface area contributed by atoms with Gasteiger partial charge in [0.15, 0.2) is 0 Å². The lowest BCUT2D eigenvalue weighted by molar-refractivity contribution is -0.159. The van der Waals surface area contributed by atoms with Crippen LogP contribution >= 0.6 is 0 Å². The van der Waals surface area contributed by atoms with Gasteiger partial charge in [0.1, 0.15) is 19.0 Å². The van der Waals surface area contributed by atoms with Crippen molar-refractivity contribution in [3.05, 3.63) is 29.3 Å². The molecule has 1 heterocycles. The number of carbonyl (C=O) groups excluding carboxylic acids is 2. The summed E-state index contributed by atoms with van der Waals surface area (Å²) in [6.45, 7) is 2.13. The van der Waals surface area contributed by atoms with Gasteiger partial charge in [-0.3, -0.25) is 14.5 Å². The minimum atomic E-state index is -0.319. The van der Waals surface area contributed by atoms with Crippen molar-refractivity contribution in [2.75, 3.05) is 27.4 Å². The van der Waals surface area contributed by atoms with Crippen LogP contribution in [0.4, 0.5) is 0 Å². The summed E-state index contributed by atoms with van der Waals surface area (Å²) in [5.74, 6) is 0.0230. The van der Waals surface area contributed by atoms with Crippen molar-refractivity contribution in [1.82, 2.24) is 10.2 Å². The molecule has 6 heteroatoms. The first kappa shape index (κ1) is 15.5. The Morgan fingerprint density at radius 3 is 2.57 bits per heavy atom. The number of hydrogen-bond acceptors (Lipinski definition) is 5. The fraction of sp³-hybridized carbons (Fsp3) is 0.467. The van der Waals surface area contributed by atoms with Crippen LogP contribution in [0.15, 0.2) is 18.2 Å². The highest BCUT2D eigenvalue weighted by atomic mass is 16.5. The summed E-state index contributed by atoms with van der Waals surface area (Å²) in [5, 5.41) is 3.16. The van der Waals surface area contributed by atoms with Crippen molar-refractivity contribution in [2.45, 2.75) is 19.5 Å². The monoisotopic (exact) mass is 292 g/mol. The third-order valence-corrected chi connectivity index (χ3v) is 3.62. The summed E-state index contributed by atoms with van der Waals surface area (Å²) >= 11 is 0. The van der Waals surface area contributed by atoms with Crippen LogP contribution in [0.5, 0.6) is 5.75 Å². The Kier molecular flexibility index (Phi) is 4.93. The predicted molar refractivity (Wildman–Crippen MR) is 76.8 cm³/mol. The van der Waals surface area contributed by atoms with Gasteiger partial charge in [-0.2, -0.15) is 0 Å². The molecule has 114 valence electrons. The van der Waals surface area contributed by atoms with E-state index in [2.05, 4.69) is 5.32 Å². The third-order valence-electron chi connectivity index (χ3n) is 3.62. The zero-order chi connectivity index (χ0) is 15.4. The molecule has 1 saturated heterocycles. The maximum atomic E-state index is 11.8. The summed E-state index contributed by atoms with van der Waals surface area (Å²) in [6, 6.07) is 5.95. The first-order valence-electron chi connectivity index (χ1n) is 6.81. The lowest BCUT2D eigenvalue weighted by atomic mass is 10.0. The van der Waals surface area contributed by atoms with Crippen molar-refractivity contribution in [3.63, 3.8) is 0 Å². The van der Waals surface area contributed by atoms with E-state index in [1.165, 1.54) is 4.90 Å². The first-order chi connectivity index (χ1) is 10.1. The molecule has 0 saturated carbocycles. The van der Waals surface area contributed by atoms with Gasteiger partial charge in [0.05, 0.1) is 13.7 Å². The van der Waals surface area contributed by atoms with Gasteiger partial charge in [-0.15, -0.1) is 0 Å². The largest absolute Gasteiger partial charge is 0.496 e. The van der Waals surface area contributed by atoms with Gasteiger partial charge in [-0.05, 0) is 31.7 Å². The van der Waals surface area contributed by atoms with Crippen LogP contribution in [-0.2, 0) is 20.9 Å². The summed E-state index contributed by atoms with van der Waals surface area (Å²) < 4.78 is 10.2. The number of nitrogens with one attached hydrogen (secondary N) is 1. The van der Waals surface area contributed by atoms with Crippen LogP contribution in [0.25, 0.3) is 0 Å². The normalized spacial score (nSPS) is 17.0. The second-order valence-corrected chi connectivity index (χ2v) is 4.95. The van der Waals surface area contributed by atoms with Gasteiger partial charge < -0.3 is 14.8 Å². The molecular formula is C15H20N2O4. The third kappa shape index (κ3) is 3.40. The molecule has 1 N–H and O–H groups in total. The summed E-state index contributed by atoms with van der Waals surface area (Å²) in [5.41, 5.74) is 1.88. The number of ether oxygens (including phenoxy) is 2. The van der Waals surface area contributed by atoms with E-state index < -0.39 is 0 Å². The molecule has 21 heavy (non-hydrogen) atoms. The molecule has 2 rings (SSSR count). The lowest BCUT2D eigenvalue weighted by Gasteiger charge is -2.26. The highest BCUT2D eigenvalue weighted by Gasteiger charge is 2.27. The minimum absolute atomic E-state index is 0.0549. The molecule has 0 aliphatic carbocycles. The van der Waals surface area contributed by atoms with Gasteiger partial charge in [-0.25, -0.2) is 0 Å². The minimum Gasteiger partial charge on any atom is -0.496 e. The quantitative estimate of drug-likeness (QED) is 0.815. The number of benzene rings is 1. The number of amides is 2. The maximum absolute atomic E-state index is 11.8. The first-order valence-corrected chi connectivity index (χ1v) is 6.81. The van der Waals surface area contributed by atoms with Gasteiger partial charge in [0.25, 0.3) is 11.8 Å². The van der Waals surface area contributed by atoms with E-state index in [0.717, 1.165) is 11.1 Å². The number of morpholine rings is 1. The smallest absolute Gasteiger partial charge is 0.255 e. The van der Waals surface area contributed by atoms with Crippen molar-refractivity contribution >= 4 is 11.8 Å². The topological polar surface area (TPSA) is 67.9 Å². The average molecular weight is 292 g/mol. The number of rotatable bonds is 5. The molecule has 2 amide bonds. The van der Waals surface area contributed by atoms with Crippen molar-refractivity contribution in [3.8, 4) is 5.75 Å². The Morgan fingerprint density at radius 2 is 2.00 bits per heavy atom. The highest BCUT2D eigenvalue weighted by Crippen LogP contribution is 2.25. The summed E-state index contributed by atoms with van der Waals surface area (Å²) in [7, 11) is 3.45. The molecule has 1 aliphatic heterocycles. The van der Waals surface area contributed by atoms with Crippen molar-refractivity contribution in [2.24, 2.45) is 0 Å². The molecule has 0 aromatic heterocycles. The zero-order valence-electron chi connectivity index (χ0n) is 12.5. The van der Waals surface area contributed by atoms with Crippen LogP contribution < -0.4 is 10.1 Å². The SMILES string of the molecule is CNC(C)c1ccc(OC)c(CN2C(=O)COCC2=O)c1. The van der Waals surface area contributed by atoms with E-state index in [9.17, 15) is 9.59 Å². The Hall–Kier alpha value is -1.92. The van der Waals surface area contributed by atoms with Gasteiger partial charge in [0.2, 0.25) is 0 Å². The molecule has 1 fully saturated rings. The Balaban J connectivity index is 2.28. The maximum Gasteiger partial charge on any atom is 0.255 e. The molecule has 1 aromatic rings. The highest BCUT2D eigenvalue weighted by molar-refractivity contribution is 5.98. The van der Waals surface area contributed by atoms with E-state index in [-0.39, 0.29) is 37.6 Å². The molecule has 0 radical (unpaired) electrons. The van der Waals surface area contributed by atoms with Crippen LogP contribution in [0.1, 0.15) is 24.1 Å². The molecule has 1 atom stereocenters. The van der Waals surface area contributed by atoms with Crippen molar-refractivity contribution in [1.29, 1.82) is 0 Å². The fourth-order valence-corrected chi connectivity index (χ4v) is 2.23. The van der Waals surface area contributed by atoms with E-state index in [0.29, 0.717) is 5.75 Å². The van der Waals surface area contributed by atoms with Crippen LogP contribution in [-0.4, -0.2) is 44.1 Å². The molecule has 0 spiro atoms. The van der Waals surface area contributed by atoms with Crippen LogP contribution in [0.3, 0.4) is 0 Å². The number of nitrogens with zero attached hydrogens (tertiary/aromatic N) is 1. The second-order valence-electron chi connectivity index (χ2n) is 4.95. The van der Waals surface area contributed by atoms with Crippen LogP contribution in [0, 0.1) is 0 Å². The van der Waals surface area contributed by atoms with E-state index in [1.807, 2.05) is 32.2 Å². The fourth-order valence-electron chi connectivity index (χ4n) is 2.23. The van der Waals surface area contributed by atoms with Gasteiger partial charge in [-0.1, -0.05) is 6.07 Å². The molecule has 1 unspecified atom stereocenters. The predicted octanol–water partition coefficient (Wildman–Crippen LogP) is 0.861. The number of hydrogen-bond donors (Lipinski definition) is 1. The van der Waals surface area contributed by atoms with Crippen LogP contribution in [0.2, 0.25) is 0 Å². The summed E-state index contributed by atoms with van der Waals surface area (Å²) in [6.07, 6.45) is 0. The Bertz CT molecular complexity index is 528. The Morgan fingerprint density at radius 1 is 1.33 bits per heavy atom.